The van der Waals surface area contributed by atoms with Gasteiger partial charge >= 0.3 is 0 Å². The van der Waals surface area contributed by atoms with Gasteiger partial charge in [-0.3, -0.25) is 4.90 Å². The van der Waals surface area contributed by atoms with Crippen LogP contribution < -0.4 is 5.32 Å². The van der Waals surface area contributed by atoms with Gasteiger partial charge in [0, 0.05) is 31.9 Å². The second-order valence-corrected chi connectivity index (χ2v) is 8.53. The maximum Gasteiger partial charge on any atom is 0.229 e. The lowest BCUT2D eigenvalue weighted by Crippen LogP contribution is -2.39. The van der Waals surface area contributed by atoms with E-state index >= 15 is 0 Å². The van der Waals surface area contributed by atoms with Gasteiger partial charge in [-0.25, -0.2) is 15.0 Å². The maximum atomic E-state index is 6.24. The quantitative estimate of drug-likeness (QED) is 0.687. The number of aryl methyl sites for hydroxylation is 1. The van der Waals surface area contributed by atoms with E-state index in [2.05, 4.69) is 34.0 Å². The van der Waals surface area contributed by atoms with E-state index in [0.717, 1.165) is 81.0 Å². The van der Waals surface area contributed by atoms with Crippen LogP contribution in [0.2, 0.25) is 0 Å². The summed E-state index contributed by atoms with van der Waals surface area (Å²) < 4.78 is 11.7. The number of furan rings is 1. The Balaban J connectivity index is 1.48. The van der Waals surface area contributed by atoms with Gasteiger partial charge < -0.3 is 14.5 Å². The molecule has 29 heavy (non-hydrogen) atoms. The monoisotopic (exact) mass is 395 g/mol. The van der Waals surface area contributed by atoms with E-state index < -0.39 is 0 Å². The third-order valence-corrected chi connectivity index (χ3v) is 5.98. The van der Waals surface area contributed by atoms with Crippen LogP contribution in [0.25, 0.3) is 22.2 Å². The molecule has 5 rings (SSSR count). The number of ether oxygens (including phenoxy) is 1. The van der Waals surface area contributed by atoms with Gasteiger partial charge in [0.15, 0.2) is 11.4 Å². The Kier molecular flexibility index (Phi) is 5.09. The molecular formula is C22H29N5O2. The summed E-state index contributed by atoms with van der Waals surface area (Å²) in [4.78, 5) is 16.4. The Morgan fingerprint density at radius 3 is 2.79 bits per heavy atom. The average Bonchev–Trinajstić information content (AvgIpc) is 3.33. The number of rotatable bonds is 6. The highest BCUT2D eigenvalue weighted by molar-refractivity contribution is 6.06. The van der Waals surface area contributed by atoms with Crippen molar-refractivity contribution in [2.24, 2.45) is 5.92 Å². The second kappa shape index (κ2) is 7.88. The topological polar surface area (TPSA) is 76.3 Å². The minimum absolute atomic E-state index is 0.575. The lowest BCUT2D eigenvalue weighted by Gasteiger charge is -2.26. The molecule has 0 unspecified atom stereocenters. The van der Waals surface area contributed by atoms with Crippen molar-refractivity contribution in [1.82, 2.24) is 19.9 Å². The zero-order chi connectivity index (χ0) is 19.8. The van der Waals surface area contributed by atoms with Crippen LogP contribution >= 0.6 is 0 Å². The number of aromatic nitrogens is 3. The molecule has 3 aromatic rings. The van der Waals surface area contributed by atoms with Crippen LogP contribution in [0, 0.1) is 5.92 Å². The molecular weight excluding hydrogens is 366 g/mol. The summed E-state index contributed by atoms with van der Waals surface area (Å²) in [6.07, 6.45) is 6.01. The average molecular weight is 396 g/mol. The fourth-order valence-electron chi connectivity index (χ4n) is 4.61. The molecule has 0 atom stereocenters. The zero-order valence-corrected chi connectivity index (χ0v) is 17.3. The van der Waals surface area contributed by atoms with E-state index in [4.69, 9.17) is 14.1 Å². The fraction of sp³-hybridized carbons (Fsp3) is 0.591. The molecule has 154 valence electrons. The lowest BCUT2D eigenvalue weighted by atomic mass is 9.99. The smallest absolute Gasteiger partial charge is 0.229 e. The van der Waals surface area contributed by atoms with Crippen LogP contribution in [0.4, 0.5) is 5.82 Å². The molecule has 0 saturated carbocycles. The van der Waals surface area contributed by atoms with Crippen molar-refractivity contribution in [3.63, 3.8) is 0 Å². The van der Waals surface area contributed by atoms with Gasteiger partial charge in [0.1, 0.15) is 11.8 Å². The first-order chi connectivity index (χ1) is 14.2. The molecule has 1 fully saturated rings. The number of hydrogen-bond donors (Lipinski definition) is 1. The Hall–Kier alpha value is -2.25. The van der Waals surface area contributed by atoms with Gasteiger partial charge in [-0.1, -0.05) is 13.8 Å². The van der Waals surface area contributed by atoms with E-state index in [-0.39, 0.29) is 0 Å². The van der Waals surface area contributed by atoms with E-state index in [1.165, 1.54) is 23.2 Å². The molecule has 2 aliphatic rings. The van der Waals surface area contributed by atoms with Gasteiger partial charge in [0.25, 0.3) is 0 Å². The number of pyridine rings is 1. The van der Waals surface area contributed by atoms with E-state index in [0.29, 0.717) is 11.6 Å². The van der Waals surface area contributed by atoms with Crippen molar-refractivity contribution in [1.29, 1.82) is 0 Å². The molecule has 0 bridgehead atoms. The lowest BCUT2D eigenvalue weighted by molar-refractivity contribution is 0.0398. The van der Waals surface area contributed by atoms with Crippen molar-refractivity contribution in [3.05, 3.63) is 23.1 Å². The van der Waals surface area contributed by atoms with Gasteiger partial charge in [-0.2, -0.15) is 0 Å². The highest BCUT2D eigenvalue weighted by atomic mass is 16.5. The predicted octanol–water partition coefficient (Wildman–Crippen LogP) is 3.20. The van der Waals surface area contributed by atoms with E-state index in [1.807, 2.05) is 0 Å². The minimum Gasteiger partial charge on any atom is -0.432 e. The van der Waals surface area contributed by atoms with Crippen molar-refractivity contribution in [2.45, 2.75) is 39.5 Å². The normalized spacial score (nSPS) is 17.5. The fourth-order valence-corrected chi connectivity index (χ4v) is 4.61. The highest BCUT2D eigenvalue weighted by Gasteiger charge is 2.25. The zero-order valence-electron chi connectivity index (χ0n) is 17.3. The molecule has 0 amide bonds. The summed E-state index contributed by atoms with van der Waals surface area (Å²) in [5.41, 5.74) is 6.36. The number of nitrogens with one attached hydrogen (secondary N) is 1. The van der Waals surface area contributed by atoms with Gasteiger partial charge in [-0.05, 0) is 42.7 Å². The molecule has 1 N–H and O–H groups in total. The number of anilines is 1. The predicted molar refractivity (Wildman–Crippen MR) is 113 cm³/mol. The molecule has 0 aromatic carbocycles. The Morgan fingerprint density at radius 2 is 1.97 bits per heavy atom. The minimum atomic E-state index is 0.575. The summed E-state index contributed by atoms with van der Waals surface area (Å²) in [5.74, 6) is 1.34. The number of hydrogen-bond acceptors (Lipinski definition) is 7. The highest BCUT2D eigenvalue weighted by Crippen LogP contribution is 2.38. The van der Waals surface area contributed by atoms with Gasteiger partial charge in [0.2, 0.25) is 5.71 Å². The summed E-state index contributed by atoms with van der Waals surface area (Å²) in [7, 11) is 0. The molecule has 3 aromatic heterocycles. The molecule has 0 radical (unpaired) electrons. The number of morpholine rings is 1. The van der Waals surface area contributed by atoms with Crippen LogP contribution in [-0.4, -0.2) is 59.2 Å². The molecule has 7 heteroatoms. The first kappa shape index (κ1) is 18.8. The number of fused-ring (bicyclic) bond motifs is 5. The van der Waals surface area contributed by atoms with E-state index in [1.54, 1.807) is 6.33 Å². The van der Waals surface area contributed by atoms with Crippen LogP contribution in [-0.2, 0) is 24.0 Å². The molecule has 0 spiro atoms. The van der Waals surface area contributed by atoms with E-state index in [9.17, 15) is 0 Å². The second-order valence-electron chi connectivity index (χ2n) is 8.53. The summed E-state index contributed by atoms with van der Waals surface area (Å²) in [6, 6.07) is 0. The summed E-state index contributed by atoms with van der Waals surface area (Å²) >= 11 is 0. The SMILES string of the molecule is CC(C)Cc1nc2oc3c(NCCN4CCOCC4)ncnc3c2c2c1CCC2. The molecule has 1 saturated heterocycles. The third kappa shape index (κ3) is 3.57. The van der Waals surface area contributed by atoms with Crippen LogP contribution in [0.3, 0.4) is 0 Å². The first-order valence-electron chi connectivity index (χ1n) is 10.8. The molecule has 4 heterocycles. The molecule has 1 aliphatic carbocycles. The van der Waals surface area contributed by atoms with Crippen LogP contribution in [0.5, 0.6) is 0 Å². The summed E-state index contributed by atoms with van der Waals surface area (Å²) in [6.45, 7) is 9.87. The largest absolute Gasteiger partial charge is 0.432 e. The van der Waals surface area contributed by atoms with Gasteiger partial charge in [0.05, 0.1) is 18.6 Å². The van der Waals surface area contributed by atoms with Crippen molar-refractivity contribution >= 4 is 28.0 Å². The van der Waals surface area contributed by atoms with Crippen LogP contribution in [0.1, 0.15) is 37.1 Å². The van der Waals surface area contributed by atoms with Gasteiger partial charge in [-0.15, -0.1) is 0 Å². The standard InChI is InChI=1S/C22H29N5O2/c1-14(2)12-17-15-4-3-5-16(15)18-19-20(29-22(18)26-17)21(25-13-24-19)23-6-7-27-8-10-28-11-9-27/h13-14H,3-12H2,1-2H3,(H,23,24,25). The third-order valence-electron chi connectivity index (χ3n) is 5.98. The van der Waals surface area contributed by atoms with Crippen LogP contribution in [0.15, 0.2) is 10.7 Å². The number of nitrogens with zero attached hydrogens (tertiary/aromatic N) is 4. The Bertz CT molecular complexity index is 1020. The van der Waals surface area contributed by atoms with Crippen molar-refractivity contribution < 1.29 is 9.15 Å². The Morgan fingerprint density at radius 1 is 1.14 bits per heavy atom. The summed E-state index contributed by atoms with van der Waals surface area (Å²) in [5, 5.41) is 4.55. The van der Waals surface area contributed by atoms with Crippen molar-refractivity contribution in [3.8, 4) is 0 Å². The van der Waals surface area contributed by atoms with Crippen molar-refractivity contribution in [2.75, 3.05) is 44.7 Å². The Labute approximate surface area is 170 Å². The first-order valence-corrected chi connectivity index (χ1v) is 10.8. The molecule has 1 aliphatic heterocycles. The maximum absolute atomic E-state index is 6.24. The molecule has 7 nitrogen and oxygen atoms in total.